The van der Waals surface area contributed by atoms with Gasteiger partial charge in [0.25, 0.3) is 11.6 Å². The van der Waals surface area contributed by atoms with Crippen molar-refractivity contribution in [2.45, 2.75) is 13.0 Å². The molecule has 6 heteroatoms. The minimum atomic E-state index is -0.510. The van der Waals surface area contributed by atoms with Crippen LogP contribution in [0.5, 0.6) is 0 Å². The van der Waals surface area contributed by atoms with Crippen LogP contribution in [0.2, 0.25) is 0 Å². The van der Waals surface area contributed by atoms with Crippen LogP contribution in [0.4, 0.5) is 5.69 Å². The number of hydrogen-bond donors (Lipinski definition) is 2. The van der Waals surface area contributed by atoms with Gasteiger partial charge >= 0.3 is 0 Å². The molecule has 16 heavy (non-hydrogen) atoms. The number of benzene rings is 1. The molecule has 0 aliphatic rings. The lowest BCUT2D eigenvalue weighted by Gasteiger charge is -2.07. The van der Waals surface area contributed by atoms with E-state index in [1.54, 1.807) is 6.92 Å². The van der Waals surface area contributed by atoms with Crippen LogP contribution in [0.1, 0.15) is 17.3 Å². The second kappa shape index (κ2) is 5.22. The van der Waals surface area contributed by atoms with Gasteiger partial charge in [-0.05, 0) is 19.1 Å². The van der Waals surface area contributed by atoms with Crippen molar-refractivity contribution in [2.75, 3.05) is 6.54 Å². The monoisotopic (exact) mass is 223 g/mol. The maximum absolute atomic E-state index is 11.5. The highest BCUT2D eigenvalue weighted by Gasteiger charge is 2.09. The Kier molecular flexibility index (Phi) is 3.96. The Morgan fingerprint density at radius 2 is 2.06 bits per heavy atom. The van der Waals surface area contributed by atoms with Gasteiger partial charge in [0, 0.05) is 30.3 Å². The fourth-order valence-electron chi connectivity index (χ4n) is 1.09. The van der Waals surface area contributed by atoms with Crippen LogP contribution in [0, 0.1) is 10.1 Å². The third-order valence-corrected chi connectivity index (χ3v) is 1.92. The summed E-state index contributed by atoms with van der Waals surface area (Å²) >= 11 is 0. The van der Waals surface area contributed by atoms with Gasteiger partial charge in [-0.2, -0.15) is 0 Å². The smallest absolute Gasteiger partial charge is 0.269 e. The van der Waals surface area contributed by atoms with E-state index < -0.39 is 4.92 Å². The summed E-state index contributed by atoms with van der Waals surface area (Å²) in [7, 11) is 0. The fraction of sp³-hybridized carbons (Fsp3) is 0.300. The Balaban J connectivity index is 2.67. The van der Waals surface area contributed by atoms with Crippen LogP contribution in [0.15, 0.2) is 24.3 Å². The van der Waals surface area contributed by atoms with Crippen LogP contribution in [-0.2, 0) is 0 Å². The van der Waals surface area contributed by atoms with Crippen molar-refractivity contribution in [1.29, 1.82) is 0 Å². The molecule has 0 spiro atoms. The molecule has 0 saturated carbocycles. The second-order valence-corrected chi connectivity index (χ2v) is 3.49. The van der Waals surface area contributed by atoms with Gasteiger partial charge in [0.2, 0.25) is 0 Å². The minimum absolute atomic E-state index is 0.0382. The highest BCUT2D eigenvalue weighted by atomic mass is 16.6. The van der Waals surface area contributed by atoms with E-state index in [9.17, 15) is 14.9 Å². The highest BCUT2D eigenvalue weighted by Crippen LogP contribution is 2.11. The summed E-state index contributed by atoms with van der Waals surface area (Å²) in [5.74, 6) is -0.285. The van der Waals surface area contributed by atoms with Crippen molar-refractivity contribution in [3.8, 4) is 0 Å². The van der Waals surface area contributed by atoms with Crippen molar-refractivity contribution >= 4 is 11.6 Å². The summed E-state index contributed by atoms with van der Waals surface area (Å²) in [6.45, 7) is 2.14. The van der Waals surface area contributed by atoms with E-state index in [-0.39, 0.29) is 17.6 Å². The number of nitro benzene ring substituents is 1. The first-order valence-corrected chi connectivity index (χ1v) is 4.79. The van der Waals surface area contributed by atoms with Gasteiger partial charge in [-0.1, -0.05) is 0 Å². The maximum atomic E-state index is 11.5. The summed E-state index contributed by atoms with van der Waals surface area (Å²) in [4.78, 5) is 21.4. The van der Waals surface area contributed by atoms with E-state index in [1.165, 1.54) is 24.3 Å². The Morgan fingerprint density at radius 1 is 1.50 bits per heavy atom. The molecule has 0 bridgehead atoms. The molecule has 0 aliphatic carbocycles. The molecule has 3 N–H and O–H groups in total. The van der Waals surface area contributed by atoms with Gasteiger partial charge in [0.05, 0.1) is 4.92 Å². The molecule has 1 unspecified atom stereocenters. The molecule has 0 saturated heterocycles. The zero-order chi connectivity index (χ0) is 12.1. The number of nitrogens with two attached hydrogens (primary N) is 1. The molecule has 1 rings (SSSR count). The average molecular weight is 223 g/mol. The van der Waals surface area contributed by atoms with E-state index in [1.807, 2.05) is 0 Å². The molecule has 1 aromatic rings. The summed E-state index contributed by atoms with van der Waals surface area (Å²) < 4.78 is 0. The van der Waals surface area contributed by atoms with Gasteiger partial charge in [0.1, 0.15) is 0 Å². The molecule has 0 aliphatic heterocycles. The summed E-state index contributed by atoms with van der Waals surface area (Å²) in [6, 6.07) is 5.28. The first-order valence-electron chi connectivity index (χ1n) is 4.79. The number of carbonyl (C=O) groups is 1. The number of nitro groups is 1. The lowest BCUT2D eigenvalue weighted by Crippen LogP contribution is -2.35. The predicted molar refractivity (Wildman–Crippen MR) is 59.1 cm³/mol. The number of hydrogen-bond acceptors (Lipinski definition) is 4. The third-order valence-electron chi connectivity index (χ3n) is 1.92. The molecule has 6 nitrogen and oxygen atoms in total. The van der Waals surface area contributed by atoms with Crippen LogP contribution in [0.25, 0.3) is 0 Å². The Hall–Kier alpha value is -1.95. The fourth-order valence-corrected chi connectivity index (χ4v) is 1.09. The number of nitrogens with zero attached hydrogens (tertiary/aromatic N) is 1. The normalized spacial score (nSPS) is 11.9. The molecule has 0 heterocycles. The number of carbonyl (C=O) groups excluding carboxylic acids is 1. The van der Waals surface area contributed by atoms with Crippen molar-refractivity contribution in [2.24, 2.45) is 5.73 Å². The minimum Gasteiger partial charge on any atom is -0.350 e. The van der Waals surface area contributed by atoms with E-state index in [4.69, 9.17) is 5.73 Å². The molecule has 0 fully saturated rings. The highest BCUT2D eigenvalue weighted by molar-refractivity contribution is 5.94. The average Bonchev–Trinajstić information content (AvgIpc) is 2.26. The molecule has 1 atom stereocenters. The van der Waals surface area contributed by atoms with Crippen molar-refractivity contribution in [3.63, 3.8) is 0 Å². The first kappa shape index (κ1) is 12.1. The van der Waals surface area contributed by atoms with Gasteiger partial charge in [-0.3, -0.25) is 14.9 Å². The van der Waals surface area contributed by atoms with Crippen molar-refractivity contribution in [1.82, 2.24) is 5.32 Å². The molecular formula is C10H13N3O3. The van der Waals surface area contributed by atoms with Gasteiger partial charge in [0.15, 0.2) is 0 Å². The van der Waals surface area contributed by atoms with E-state index in [2.05, 4.69) is 5.32 Å². The topological polar surface area (TPSA) is 98.3 Å². The third kappa shape index (κ3) is 3.32. The van der Waals surface area contributed by atoms with Crippen molar-refractivity contribution in [3.05, 3.63) is 39.9 Å². The molecule has 0 radical (unpaired) electrons. The van der Waals surface area contributed by atoms with E-state index >= 15 is 0 Å². The van der Waals surface area contributed by atoms with Crippen LogP contribution in [-0.4, -0.2) is 23.4 Å². The lowest BCUT2D eigenvalue weighted by molar-refractivity contribution is -0.384. The molecule has 1 amide bonds. The van der Waals surface area contributed by atoms with Crippen LogP contribution in [0.3, 0.4) is 0 Å². The quantitative estimate of drug-likeness (QED) is 0.579. The largest absolute Gasteiger partial charge is 0.350 e. The van der Waals surface area contributed by atoms with E-state index in [0.717, 1.165) is 0 Å². The number of nitrogens with one attached hydrogen (secondary N) is 1. The molecule has 0 aromatic heterocycles. The summed E-state index contributed by atoms with van der Waals surface area (Å²) in [5, 5.41) is 13.0. The van der Waals surface area contributed by atoms with Gasteiger partial charge < -0.3 is 11.1 Å². The van der Waals surface area contributed by atoms with E-state index in [0.29, 0.717) is 12.1 Å². The zero-order valence-corrected chi connectivity index (χ0v) is 8.84. The standard InChI is InChI=1S/C10H13N3O3/c1-7(11)6-12-10(14)8-2-4-9(5-3-8)13(15)16/h2-5,7H,6,11H2,1H3,(H,12,14). The van der Waals surface area contributed by atoms with Crippen LogP contribution >= 0.6 is 0 Å². The summed E-state index contributed by atoms with van der Waals surface area (Å²) in [6.07, 6.45) is 0. The number of non-ortho nitro benzene ring substituents is 1. The van der Waals surface area contributed by atoms with Crippen LogP contribution < -0.4 is 11.1 Å². The molecular weight excluding hydrogens is 210 g/mol. The molecule has 1 aromatic carbocycles. The van der Waals surface area contributed by atoms with Gasteiger partial charge in [-0.15, -0.1) is 0 Å². The number of amides is 1. The van der Waals surface area contributed by atoms with Gasteiger partial charge in [-0.25, -0.2) is 0 Å². The zero-order valence-electron chi connectivity index (χ0n) is 8.84. The van der Waals surface area contributed by atoms with Crippen molar-refractivity contribution < 1.29 is 9.72 Å². The lowest BCUT2D eigenvalue weighted by atomic mass is 10.2. The first-order chi connectivity index (χ1) is 7.50. The second-order valence-electron chi connectivity index (χ2n) is 3.49. The summed E-state index contributed by atoms with van der Waals surface area (Å²) in [5.41, 5.74) is 5.82. The Bertz CT molecular complexity index is 387. The Labute approximate surface area is 92.6 Å². The Morgan fingerprint density at radius 3 is 2.50 bits per heavy atom. The molecule has 86 valence electrons. The maximum Gasteiger partial charge on any atom is 0.269 e. The SMILES string of the molecule is CC(N)CNC(=O)c1ccc([N+](=O)[O-])cc1. The number of rotatable bonds is 4. The predicted octanol–water partition coefficient (Wildman–Crippen LogP) is 0.672.